The molecule has 2 heteroatoms. The molecule has 0 saturated heterocycles. The zero-order valence-corrected chi connectivity index (χ0v) is 5.91. The maximum Gasteiger partial charge on any atom is 0.364 e. The smallest absolute Gasteiger partial charge is 0.364 e. The van der Waals surface area contributed by atoms with Crippen molar-refractivity contribution < 1.29 is 10.1 Å². The van der Waals surface area contributed by atoms with E-state index >= 15 is 0 Å². The van der Waals surface area contributed by atoms with Crippen molar-refractivity contribution in [2.45, 2.75) is 0 Å². The topological polar surface area (TPSA) is 34.4 Å². The minimum Gasteiger partial charge on any atom is -0.460 e. The second kappa shape index (κ2) is 2.23. The highest BCUT2D eigenvalue weighted by Gasteiger charge is 1.98. The number of hydrogen-bond donors (Lipinski definition) is 1. The predicted molar refractivity (Wildman–Crippen MR) is 42.2 cm³/mol. The number of aromatic nitrogens is 1. The standard InChI is InChI=1S/C9H7NO/c11-9-5-7-3-1-2-4-8(7)6-10-9/h1-6H,(H,10,11)/p+1. The zero-order valence-electron chi connectivity index (χ0n) is 5.91. The number of fused-ring (bicyclic) bond motifs is 1. The van der Waals surface area contributed by atoms with Crippen molar-refractivity contribution in [3.63, 3.8) is 0 Å². The number of hydrogen-bond acceptors (Lipinski definition) is 1. The van der Waals surface area contributed by atoms with Gasteiger partial charge in [0.15, 0.2) is 6.20 Å². The lowest BCUT2D eigenvalue weighted by Crippen LogP contribution is -1.99. The average molecular weight is 146 g/mol. The van der Waals surface area contributed by atoms with E-state index < -0.39 is 0 Å². The monoisotopic (exact) mass is 146 g/mol. The van der Waals surface area contributed by atoms with Crippen LogP contribution in [0.15, 0.2) is 36.5 Å². The number of benzene rings is 1. The van der Waals surface area contributed by atoms with E-state index in [2.05, 4.69) is 4.98 Å². The molecule has 2 rings (SSSR count). The van der Waals surface area contributed by atoms with Crippen molar-refractivity contribution in [1.82, 2.24) is 0 Å². The molecule has 0 aliphatic rings. The van der Waals surface area contributed by atoms with Crippen LogP contribution in [-0.2, 0) is 0 Å². The Hall–Kier alpha value is -1.57. The third kappa shape index (κ3) is 1.03. The lowest BCUT2D eigenvalue weighted by atomic mass is 10.2. The molecule has 1 heterocycles. The molecule has 2 aromatic rings. The van der Waals surface area contributed by atoms with Crippen LogP contribution < -0.4 is 4.98 Å². The summed E-state index contributed by atoms with van der Waals surface area (Å²) < 4.78 is 0. The molecule has 11 heavy (non-hydrogen) atoms. The molecule has 0 fully saturated rings. The molecule has 0 amide bonds. The second-order valence-electron chi connectivity index (χ2n) is 2.45. The number of aromatic hydroxyl groups is 1. The molecule has 0 saturated carbocycles. The van der Waals surface area contributed by atoms with Crippen LogP contribution in [-0.4, -0.2) is 5.11 Å². The Morgan fingerprint density at radius 3 is 2.64 bits per heavy atom. The molecule has 2 nitrogen and oxygen atoms in total. The zero-order chi connectivity index (χ0) is 7.68. The summed E-state index contributed by atoms with van der Waals surface area (Å²) >= 11 is 0. The van der Waals surface area contributed by atoms with Crippen LogP contribution >= 0.6 is 0 Å². The van der Waals surface area contributed by atoms with Gasteiger partial charge in [-0.25, -0.2) is 0 Å². The number of pyridine rings is 1. The summed E-state index contributed by atoms with van der Waals surface area (Å²) in [5.74, 6) is 0.198. The van der Waals surface area contributed by atoms with Gasteiger partial charge in [-0.05, 0) is 11.5 Å². The Kier molecular flexibility index (Phi) is 1.25. The molecule has 0 spiro atoms. The summed E-state index contributed by atoms with van der Waals surface area (Å²) in [5, 5.41) is 11.2. The van der Waals surface area contributed by atoms with Gasteiger partial charge in [-0.1, -0.05) is 18.2 Å². The molecule has 0 aliphatic heterocycles. The molecule has 0 atom stereocenters. The first-order chi connectivity index (χ1) is 5.36. The van der Waals surface area contributed by atoms with Crippen molar-refractivity contribution in [2.24, 2.45) is 0 Å². The summed E-state index contributed by atoms with van der Waals surface area (Å²) in [7, 11) is 0. The average Bonchev–Trinajstić information content (AvgIpc) is 2.04. The van der Waals surface area contributed by atoms with E-state index in [1.54, 1.807) is 12.3 Å². The van der Waals surface area contributed by atoms with Crippen molar-refractivity contribution in [3.8, 4) is 5.88 Å². The highest BCUT2D eigenvalue weighted by molar-refractivity contribution is 5.81. The van der Waals surface area contributed by atoms with Gasteiger partial charge in [0.2, 0.25) is 0 Å². The van der Waals surface area contributed by atoms with Gasteiger partial charge in [-0.3, -0.25) is 0 Å². The minimum atomic E-state index is 0.198. The van der Waals surface area contributed by atoms with Crippen LogP contribution in [0, 0.1) is 0 Å². The van der Waals surface area contributed by atoms with Gasteiger partial charge in [0.1, 0.15) is 0 Å². The first-order valence-electron chi connectivity index (χ1n) is 3.46. The lowest BCUT2D eigenvalue weighted by molar-refractivity contribution is -0.392. The first-order valence-corrected chi connectivity index (χ1v) is 3.46. The van der Waals surface area contributed by atoms with Crippen molar-refractivity contribution in [1.29, 1.82) is 0 Å². The molecule has 1 aromatic heterocycles. The van der Waals surface area contributed by atoms with Gasteiger partial charge < -0.3 is 5.11 Å². The van der Waals surface area contributed by atoms with E-state index in [0.29, 0.717) is 0 Å². The maximum atomic E-state index is 9.07. The van der Waals surface area contributed by atoms with Crippen LogP contribution in [0.2, 0.25) is 0 Å². The third-order valence-corrected chi connectivity index (χ3v) is 1.66. The van der Waals surface area contributed by atoms with Crippen LogP contribution in [0.3, 0.4) is 0 Å². The number of aromatic amines is 1. The van der Waals surface area contributed by atoms with E-state index in [4.69, 9.17) is 5.11 Å². The Morgan fingerprint density at radius 2 is 1.82 bits per heavy atom. The molecule has 0 aliphatic carbocycles. The van der Waals surface area contributed by atoms with Gasteiger partial charge in [0, 0.05) is 5.39 Å². The largest absolute Gasteiger partial charge is 0.460 e. The van der Waals surface area contributed by atoms with Gasteiger partial charge in [0.25, 0.3) is 0 Å². The van der Waals surface area contributed by atoms with Gasteiger partial charge in [-0.15, -0.1) is 0 Å². The summed E-state index contributed by atoms with van der Waals surface area (Å²) in [4.78, 5) is 2.73. The van der Waals surface area contributed by atoms with Crippen LogP contribution in [0.5, 0.6) is 5.88 Å². The third-order valence-electron chi connectivity index (χ3n) is 1.66. The quantitative estimate of drug-likeness (QED) is 0.598. The molecule has 0 bridgehead atoms. The SMILES string of the molecule is Oc1cc2ccccc2c[nH+]1. The normalized spacial score (nSPS) is 10.2. The molecule has 0 radical (unpaired) electrons. The maximum absolute atomic E-state index is 9.07. The number of nitrogens with one attached hydrogen (secondary N) is 1. The Morgan fingerprint density at radius 1 is 1.09 bits per heavy atom. The number of rotatable bonds is 0. The predicted octanol–water partition coefficient (Wildman–Crippen LogP) is 1.36. The van der Waals surface area contributed by atoms with Crippen LogP contribution in [0.25, 0.3) is 10.8 Å². The van der Waals surface area contributed by atoms with Crippen LogP contribution in [0.4, 0.5) is 0 Å². The second-order valence-corrected chi connectivity index (χ2v) is 2.45. The van der Waals surface area contributed by atoms with E-state index in [1.807, 2.05) is 24.3 Å². The highest BCUT2D eigenvalue weighted by Crippen LogP contribution is 2.13. The van der Waals surface area contributed by atoms with Crippen LogP contribution in [0.1, 0.15) is 0 Å². The number of H-pyrrole nitrogens is 1. The van der Waals surface area contributed by atoms with E-state index in [-0.39, 0.29) is 5.88 Å². The van der Waals surface area contributed by atoms with Crippen molar-refractivity contribution >= 4 is 10.8 Å². The molecular weight excluding hydrogens is 138 g/mol. The summed E-state index contributed by atoms with van der Waals surface area (Å²) in [5.41, 5.74) is 0. The summed E-state index contributed by atoms with van der Waals surface area (Å²) in [6.45, 7) is 0. The van der Waals surface area contributed by atoms with Gasteiger partial charge >= 0.3 is 5.88 Å². The molecule has 2 N–H and O–H groups in total. The Labute approximate surface area is 64.1 Å². The summed E-state index contributed by atoms with van der Waals surface area (Å²) in [6.07, 6.45) is 1.78. The Balaban J connectivity index is 2.83. The van der Waals surface area contributed by atoms with Crippen molar-refractivity contribution in [3.05, 3.63) is 36.5 Å². The first kappa shape index (κ1) is 6.16. The van der Waals surface area contributed by atoms with Crippen molar-refractivity contribution in [2.75, 3.05) is 0 Å². The molecule has 54 valence electrons. The molecule has 0 unspecified atom stereocenters. The fourth-order valence-corrected chi connectivity index (χ4v) is 1.11. The van der Waals surface area contributed by atoms with E-state index in [0.717, 1.165) is 10.8 Å². The minimum absolute atomic E-state index is 0.198. The van der Waals surface area contributed by atoms with Gasteiger partial charge in [0.05, 0.1) is 6.07 Å². The fourth-order valence-electron chi connectivity index (χ4n) is 1.11. The van der Waals surface area contributed by atoms with Gasteiger partial charge in [-0.2, -0.15) is 4.98 Å². The molecule has 1 aromatic carbocycles. The highest BCUT2D eigenvalue weighted by atomic mass is 16.3. The fraction of sp³-hybridized carbons (Fsp3) is 0. The Bertz CT molecular complexity index is 384. The summed E-state index contributed by atoms with van der Waals surface area (Å²) in [6, 6.07) is 9.57. The van der Waals surface area contributed by atoms with E-state index in [9.17, 15) is 0 Å². The molecular formula is C9H8NO+. The van der Waals surface area contributed by atoms with E-state index in [1.165, 1.54) is 0 Å². The lowest BCUT2D eigenvalue weighted by Gasteiger charge is -1.90.